The Morgan fingerprint density at radius 2 is 1.90 bits per heavy atom. The van der Waals surface area contributed by atoms with E-state index in [4.69, 9.17) is 0 Å². The third-order valence-electron chi connectivity index (χ3n) is 5.41. The normalized spacial score (nSPS) is 22.6. The molecule has 2 nitrogen and oxygen atoms in total. The summed E-state index contributed by atoms with van der Waals surface area (Å²) in [5, 5.41) is 3.75. The summed E-state index contributed by atoms with van der Waals surface area (Å²) in [6, 6.07) is 7.25. The first-order valence-electron chi connectivity index (χ1n) is 7.93. The van der Waals surface area contributed by atoms with Gasteiger partial charge in [-0.25, -0.2) is 4.98 Å². The summed E-state index contributed by atoms with van der Waals surface area (Å²) in [6.45, 7) is 0. The summed E-state index contributed by atoms with van der Waals surface area (Å²) >= 11 is 1.73. The van der Waals surface area contributed by atoms with Crippen LogP contribution in [0, 0.1) is 5.41 Å². The van der Waals surface area contributed by atoms with Gasteiger partial charge in [0.05, 0.1) is 15.7 Å². The van der Waals surface area contributed by atoms with Crippen molar-refractivity contribution in [3.05, 3.63) is 23.7 Å². The van der Waals surface area contributed by atoms with E-state index < -0.39 is 0 Å². The molecule has 2 aromatic rings. The highest BCUT2D eigenvalue weighted by atomic mass is 32.1. The van der Waals surface area contributed by atoms with Crippen molar-refractivity contribution in [2.75, 3.05) is 5.32 Å². The molecule has 0 amide bonds. The maximum absolute atomic E-state index is 4.35. The highest BCUT2D eigenvalue weighted by Gasteiger charge is 2.37. The predicted molar refractivity (Wildman–Crippen MR) is 86.4 cm³/mol. The molecular weight excluding hydrogens is 264 g/mol. The molecule has 1 heterocycles. The molecule has 2 saturated carbocycles. The predicted octanol–water partition coefficient (Wildman–Crippen LogP) is 5.21. The smallest absolute Gasteiger partial charge is 0.0813 e. The topological polar surface area (TPSA) is 24.9 Å². The number of thiazole rings is 1. The molecule has 1 aromatic carbocycles. The Morgan fingerprint density at radius 1 is 1.10 bits per heavy atom. The van der Waals surface area contributed by atoms with Gasteiger partial charge in [0.2, 0.25) is 0 Å². The van der Waals surface area contributed by atoms with E-state index in [-0.39, 0.29) is 0 Å². The second kappa shape index (κ2) is 5.03. The number of aromatic nitrogens is 1. The molecule has 1 aromatic heterocycles. The van der Waals surface area contributed by atoms with Gasteiger partial charge in [-0.05, 0) is 62.1 Å². The Morgan fingerprint density at radius 3 is 2.70 bits per heavy atom. The van der Waals surface area contributed by atoms with Gasteiger partial charge < -0.3 is 5.32 Å². The molecule has 0 bridgehead atoms. The monoisotopic (exact) mass is 286 g/mol. The fraction of sp³-hybridized carbons (Fsp3) is 0.588. The molecular formula is C17H22N2S. The largest absolute Gasteiger partial charge is 0.382 e. The molecule has 106 valence electrons. The second-order valence-corrected chi connectivity index (χ2v) is 7.55. The van der Waals surface area contributed by atoms with E-state index in [1.165, 1.54) is 61.8 Å². The number of nitrogens with one attached hydrogen (secondary N) is 1. The lowest BCUT2D eigenvalue weighted by Gasteiger charge is -2.37. The van der Waals surface area contributed by atoms with Crippen LogP contribution in [-0.4, -0.2) is 11.0 Å². The molecule has 0 saturated heterocycles. The minimum absolute atomic E-state index is 0.673. The van der Waals surface area contributed by atoms with Gasteiger partial charge in [0.25, 0.3) is 0 Å². The highest BCUT2D eigenvalue weighted by molar-refractivity contribution is 7.16. The first-order chi connectivity index (χ1) is 9.83. The molecule has 4 rings (SSSR count). The Balaban J connectivity index is 1.42. The molecule has 0 unspecified atom stereocenters. The van der Waals surface area contributed by atoms with E-state index >= 15 is 0 Å². The first kappa shape index (κ1) is 12.6. The minimum atomic E-state index is 0.673. The van der Waals surface area contributed by atoms with Gasteiger partial charge in [-0.15, -0.1) is 11.3 Å². The van der Waals surface area contributed by atoms with Crippen molar-refractivity contribution in [2.24, 2.45) is 5.41 Å². The third-order valence-corrected chi connectivity index (χ3v) is 6.20. The molecule has 2 fully saturated rings. The van der Waals surface area contributed by atoms with Crippen molar-refractivity contribution in [3.63, 3.8) is 0 Å². The Hall–Kier alpha value is -1.09. The zero-order valence-electron chi connectivity index (χ0n) is 11.9. The fourth-order valence-corrected chi connectivity index (χ4v) is 4.90. The van der Waals surface area contributed by atoms with Crippen LogP contribution < -0.4 is 5.32 Å². The maximum Gasteiger partial charge on any atom is 0.0813 e. The SMILES string of the molecule is c1nc2ccc(NC3CCC4(CCCC4)CC3)cc2s1. The molecule has 0 atom stereocenters. The van der Waals surface area contributed by atoms with Gasteiger partial charge in [0, 0.05) is 11.7 Å². The van der Waals surface area contributed by atoms with Crippen molar-refractivity contribution in [2.45, 2.75) is 57.4 Å². The molecule has 20 heavy (non-hydrogen) atoms. The van der Waals surface area contributed by atoms with Gasteiger partial charge in [-0.3, -0.25) is 0 Å². The van der Waals surface area contributed by atoms with Gasteiger partial charge in [-0.1, -0.05) is 12.8 Å². The van der Waals surface area contributed by atoms with Crippen LogP contribution in [0.1, 0.15) is 51.4 Å². The van der Waals surface area contributed by atoms with Crippen LogP contribution in [0.2, 0.25) is 0 Å². The number of nitrogens with zero attached hydrogens (tertiary/aromatic N) is 1. The molecule has 1 spiro atoms. The number of fused-ring (bicyclic) bond motifs is 1. The van der Waals surface area contributed by atoms with Crippen LogP contribution in [0.3, 0.4) is 0 Å². The van der Waals surface area contributed by atoms with Gasteiger partial charge in [0.15, 0.2) is 0 Å². The average Bonchev–Trinajstić information content (AvgIpc) is 3.11. The summed E-state index contributed by atoms with van der Waals surface area (Å²) in [5.74, 6) is 0. The molecule has 1 N–H and O–H groups in total. The van der Waals surface area contributed by atoms with Crippen molar-refractivity contribution < 1.29 is 0 Å². The Bertz CT molecular complexity index is 588. The lowest BCUT2D eigenvalue weighted by atomic mass is 9.71. The van der Waals surface area contributed by atoms with Gasteiger partial charge in [-0.2, -0.15) is 0 Å². The quantitative estimate of drug-likeness (QED) is 0.819. The summed E-state index contributed by atoms with van der Waals surface area (Å²) in [6.07, 6.45) is 11.5. The van der Waals surface area contributed by atoms with Crippen molar-refractivity contribution in [1.29, 1.82) is 0 Å². The number of hydrogen-bond acceptors (Lipinski definition) is 3. The van der Waals surface area contributed by atoms with Crippen molar-refractivity contribution in [3.8, 4) is 0 Å². The zero-order valence-corrected chi connectivity index (χ0v) is 12.7. The van der Waals surface area contributed by atoms with Crippen LogP contribution in [0.25, 0.3) is 10.2 Å². The van der Waals surface area contributed by atoms with Crippen LogP contribution in [-0.2, 0) is 0 Å². The molecule has 0 radical (unpaired) electrons. The van der Waals surface area contributed by atoms with E-state index in [0.29, 0.717) is 6.04 Å². The number of benzene rings is 1. The van der Waals surface area contributed by atoms with Crippen molar-refractivity contribution in [1.82, 2.24) is 4.98 Å². The number of anilines is 1. The summed E-state index contributed by atoms with van der Waals surface area (Å²) < 4.78 is 1.29. The molecule has 3 heteroatoms. The number of rotatable bonds is 2. The highest BCUT2D eigenvalue weighted by Crippen LogP contribution is 2.49. The first-order valence-corrected chi connectivity index (χ1v) is 8.81. The van der Waals surface area contributed by atoms with Crippen LogP contribution in [0.5, 0.6) is 0 Å². The van der Waals surface area contributed by atoms with E-state index in [0.717, 1.165) is 10.9 Å². The van der Waals surface area contributed by atoms with Crippen LogP contribution in [0.15, 0.2) is 23.7 Å². The van der Waals surface area contributed by atoms with E-state index in [2.05, 4.69) is 28.5 Å². The third kappa shape index (κ3) is 2.32. The standard InChI is InChI=1S/C17H22N2S/c1-2-8-17(7-1)9-5-13(6-10-17)19-14-3-4-15-16(11-14)20-12-18-15/h3-4,11-13,19H,1-2,5-10H2. The van der Waals surface area contributed by atoms with Gasteiger partial charge in [0.1, 0.15) is 0 Å². The van der Waals surface area contributed by atoms with Gasteiger partial charge >= 0.3 is 0 Å². The number of hydrogen-bond donors (Lipinski definition) is 1. The van der Waals surface area contributed by atoms with Crippen LogP contribution in [0.4, 0.5) is 5.69 Å². The molecule has 2 aliphatic carbocycles. The lowest BCUT2D eigenvalue weighted by molar-refractivity contribution is 0.188. The molecule has 0 aliphatic heterocycles. The van der Waals surface area contributed by atoms with Crippen molar-refractivity contribution >= 4 is 27.2 Å². The average molecular weight is 286 g/mol. The Labute approximate surface area is 124 Å². The zero-order chi connectivity index (χ0) is 13.4. The second-order valence-electron chi connectivity index (χ2n) is 6.66. The summed E-state index contributed by atoms with van der Waals surface area (Å²) in [5.41, 5.74) is 5.06. The van der Waals surface area contributed by atoms with Crippen LogP contribution >= 0.6 is 11.3 Å². The molecule has 2 aliphatic rings. The Kier molecular flexibility index (Phi) is 3.18. The van der Waals surface area contributed by atoms with E-state index in [1.807, 2.05) is 5.51 Å². The summed E-state index contributed by atoms with van der Waals surface area (Å²) in [4.78, 5) is 4.35. The maximum atomic E-state index is 4.35. The minimum Gasteiger partial charge on any atom is -0.382 e. The lowest BCUT2D eigenvalue weighted by Crippen LogP contribution is -2.31. The van der Waals surface area contributed by atoms with E-state index in [9.17, 15) is 0 Å². The van der Waals surface area contributed by atoms with E-state index in [1.54, 1.807) is 11.3 Å². The summed E-state index contributed by atoms with van der Waals surface area (Å²) in [7, 11) is 0. The fourth-order valence-electron chi connectivity index (χ4n) is 4.18.